The highest BCUT2D eigenvalue weighted by Gasteiger charge is 2.25. The lowest BCUT2D eigenvalue weighted by atomic mass is 10.1. The molecular weight excluding hydrogens is 1260 g/mol. The molecule has 10 amide bonds. The Morgan fingerprint density at radius 1 is 0.372 bits per heavy atom. The van der Waals surface area contributed by atoms with Crippen molar-refractivity contribution < 1.29 is 47.9 Å². The zero-order chi connectivity index (χ0) is 68.2. The number of imidazole rings is 6. The van der Waals surface area contributed by atoms with Gasteiger partial charge in [0, 0.05) is 162 Å². The highest BCUT2D eigenvalue weighted by Crippen LogP contribution is 2.19. The van der Waals surface area contributed by atoms with Crippen molar-refractivity contribution >= 4 is 123 Å². The highest BCUT2D eigenvalue weighted by atomic mass is 35.5. The van der Waals surface area contributed by atoms with Crippen LogP contribution in [0.15, 0.2) is 61.4 Å². The van der Waals surface area contributed by atoms with Crippen LogP contribution in [0.4, 0.5) is 40.6 Å². The van der Waals surface area contributed by atoms with Gasteiger partial charge in [-0.2, -0.15) is 0 Å². The first-order valence-corrected chi connectivity index (χ1v) is 30.7. The maximum Gasteiger partial charge on any atom is 0.292 e. The summed E-state index contributed by atoms with van der Waals surface area (Å²) in [5.41, 5.74) is 2.12. The van der Waals surface area contributed by atoms with Gasteiger partial charge in [-0.15, -0.1) is 23.2 Å². The molecule has 36 heteroatoms. The van der Waals surface area contributed by atoms with Crippen LogP contribution in [0.3, 0.4) is 0 Å². The van der Waals surface area contributed by atoms with Crippen molar-refractivity contribution in [3.8, 4) is 0 Å². The van der Waals surface area contributed by atoms with Crippen molar-refractivity contribution in [1.29, 1.82) is 0 Å². The summed E-state index contributed by atoms with van der Waals surface area (Å²) >= 11 is 11.9. The lowest BCUT2D eigenvalue weighted by molar-refractivity contribution is -0.122. The summed E-state index contributed by atoms with van der Waals surface area (Å²) in [6, 6.07) is 8.06. The highest BCUT2D eigenvalue weighted by molar-refractivity contribution is 6.18. The molecule has 0 saturated carbocycles. The smallest absolute Gasteiger partial charge is 0.292 e. The van der Waals surface area contributed by atoms with E-state index in [1.807, 2.05) is 43.3 Å². The molecule has 502 valence electrons. The van der Waals surface area contributed by atoms with Gasteiger partial charge in [-0.3, -0.25) is 47.9 Å². The van der Waals surface area contributed by atoms with E-state index >= 15 is 0 Å². The molecule has 34 nitrogen and oxygen atoms in total. The van der Waals surface area contributed by atoms with E-state index in [1.165, 1.54) is 85.7 Å². The number of aromatic nitrogens is 12. The van der Waals surface area contributed by atoms with Gasteiger partial charge in [0.1, 0.15) is 0 Å². The van der Waals surface area contributed by atoms with Gasteiger partial charge in [0.15, 0.2) is 34.9 Å². The second-order valence-corrected chi connectivity index (χ2v) is 22.5. The van der Waals surface area contributed by atoms with Crippen LogP contribution in [0.1, 0.15) is 108 Å². The number of carbonyl (C=O) groups is 10. The van der Waals surface area contributed by atoms with E-state index in [0.717, 1.165) is 24.2 Å². The second kappa shape index (κ2) is 33.7. The first kappa shape index (κ1) is 71.0. The van der Waals surface area contributed by atoms with Gasteiger partial charge in [-0.1, -0.05) is 12.1 Å². The normalized spacial score (nSPS) is 11.0. The second-order valence-electron chi connectivity index (χ2n) is 21.8. The van der Waals surface area contributed by atoms with E-state index in [1.54, 1.807) is 21.1 Å². The van der Waals surface area contributed by atoms with Crippen LogP contribution >= 0.6 is 23.2 Å². The molecule has 10 N–H and O–H groups in total. The fraction of sp³-hybridized carbons (Fsp3) is 0.414. The third-order valence-electron chi connectivity index (χ3n) is 13.9. The Bertz CT molecular complexity index is 3870. The summed E-state index contributed by atoms with van der Waals surface area (Å²) < 4.78 is 8.35. The van der Waals surface area contributed by atoms with Crippen molar-refractivity contribution in [2.24, 2.45) is 42.3 Å². The number of hydrogen-bond donors (Lipinski definition) is 10. The van der Waals surface area contributed by atoms with E-state index in [9.17, 15) is 47.9 Å². The number of aryl methyl sites for hydroxylation is 7. The summed E-state index contributed by atoms with van der Waals surface area (Å²) in [6.07, 6.45) is 10.5. The Kier molecular flexibility index (Phi) is 25.5. The zero-order valence-corrected chi connectivity index (χ0v) is 54.7. The average molecular weight is 1340 g/mol. The summed E-state index contributed by atoms with van der Waals surface area (Å²) in [7, 11) is 13.2. The molecule has 94 heavy (non-hydrogen) atoms. The third kappa shape index (κ3) is 20.5. The number of halogens is 2. The van der Waals surface area contributed by atoms with Crippen LogP contribution in [0.2, 0.25) is 0 Å². The van der Waals surface area contributed by atoms with Crippen molar-refractivity contribution in [2.45, 2.75) is 44.9 Å². The molecule has 0 aliphatic rings. The Hall–Kier alpha value is -10.5. The maximum absolute atomic E-state index is 13.3. The fourth-order valence-corrected chi connectivity index (χ4v) is 9.69. The monoisotopic (exact) mass is 1340 g/mol. The first-order valence-electron chi connectivity index (χ1n) is 29.6. The Labute approximate surface area is 549 Å². The number of amides is 10. The Morgan fingerprint density at radius 3 is 1.03 bits per heavy atom. The molecule has 0 bridgehead atoms. The minimum atomic E-state index is -0.727. The first-order chi connectivity index (χ1) is 44.9. The van der Waals surface area contributed by atoms with Crippen molar-refractivity contribution in [2.75, 3.05) is 108 Å². The minimum absolute atomic E-state index is 0.00181. The molecule has 0 aliphatic heterocycles. The van der Waals surface area contributed by atoms with Crippen LogP contribution in [0.25, 0.3) is 0 Å². The van der Waals surface area contributed by atoms with E-state index < -0.39 is 53.2 Å². The van der Waals surface area contributed by atoms with Gasteiger partial charge in [0.05, 0.1) is 0 Å². The molecule has 0 spiro atoms. The number of alkyl halides is 2. The van der Waals surface area contributed by atoms with Crippen LogP contribution in [-0.2, 0) is 67.9 Å². The Morgan fingerprint density at radius 2 is 0.681 bits per heavy atom. The van der Waals surface area contributed by atoms with E-state index in [-0.39, 0.29) is 121 Å². The number of anilines is 7. The summed E-state index contributed by atoms with van der Waals surface area (Å²) in [5.74, 6) is -4.57. The maximum atomic E-state index is 13.3. The van der Waals surface area contributed by atoms with Gasteiger partial charge < -0.3 is 90.4 Å². The van der Waals surface area contributed by atoms with Crippen LogP contribution < -0.4 is 58.1 Å². The van der Waals surface area contributed by atoms with Crippen LogP contribution in [0.5, 0.6) is 0 Å². The molecule has 7 aromatic rings. The number of hydrogen-bond acceptors (Lipinski definition) is 18. The molecular formula is C58H76Cl2N24O10. The molecule has 7 rings (SSSR count). The van der Waals surface area contributed by atoms with Crippen molar-refractivity contribution in [1.82, 2.24) is 83.5 Å². The predicted octanol–water partition coefficient (Wildman–Crippen LogP) is 1.79. The molecule has 0 unspecified atom stereocenters. The van der Waals surface area contributed by atoms with Gasteiger partial charge in [0.25, 0.3) is 35.4 Å². The van der Waals surface area contributed by atoms with Crippen molar-refractivity contribution in [3.63, 3.8) is 0 Å². The van der Waals surface area contributed by atoms with Crippen LogP contribution in [-0.4, -0.2) is 193 Å². The van der Waals surface area contributed by atoms with Gasteiger partial charge in [-0.05, 0) is 57.6 Å². The molecule has 0 atom stereocenters. The molecule has 1 aromatic carbocycles. The van der Waals surface area contributed by atoms with Gasteiger partial charge in [-0.25, -0.2) is 29.9 Å². The molecule has 0 aliphatic carbocycles. The standard InChI is InChI=1S/C58H76Cl2N24O10/c1-77(2)26-10-22-63-53(89)47-69-39(31-78(47)3)73-57(93)51-71-41(33-82(51)7)75-56(92)50-68-38(30-81(50)6)66-46(88)19-24-62-44(86)17-25-64-54(90)48-70-40(32-79(48)4)74-58(94)52-72-42(34-83(52)8)76-55(91)49-67-37(29-80(49)5)65-45(87)18-23-61-43(85)12-9-11-35-13-15-36(16-14-35)84(27-20-59)28-21-60/h13-16,29-34H,9-12,17-28H2,1-8H3,(H,61,85)(H,62,86)(H,63,89)(H,64,90)(H,65,87)(H,66,88)(H,73,93)(H,74,94)(H,75,92)(H,76,91). The van der Waals surface area contributed by atoms with Gasteiger partial charge >= 0.3 is 0 Å². The topological polar surface area (TPSA) is 404 Å². The zero-order valence-electron chi connectivity index (χ0n) is 53.2. The van der Waals surface area contributed by atoms with E-state index in [2.05, 4.69) is 88.0 Å². The minimum Gasteiger partial charge on any atom is -0.369 e. The molecule has 0 radical (unpaired) electrons. The molecule has 0 saturated heterocycles. The number of benzene rings is 1. The van der Waals surface area contributed by atoms with Gasteiger partial charge in [0.2, 0.25) is 58.6 Å². The molecule has 6 aromatic heterocycles. The largest absolute Gasteiger partial charge is 0.369 e. The number of rotatable bonds is 34. The lowest BCUT2D eigenvalue weighted by Crippen LogP contribution is -2.33. The average Bonchev–Trinajstić information content (AvgIpc) is 1.69. The summed E-state index contributed by atoms with van der Waals surface area (Å²) in [4.78, 5) is 159. The molecule has 0 fully saturated rings. The number of carbonyl (C=O) groups excluding carboxylic acids is 10. The summed E-state index contributed by atoms with van der Waals surface area (Å²) in [6.45, 7) is 2.54. The van der Waals surface area contributed by atoms with Crippen molar-refractivity contribution in [3.05, 3.63) is 102 Å². The lowest BCUT2D eigenvalue weighted by Gasteiger charge is -2.23. The molecule has 6 heterocycles. The van der Waals surface area contributed by atoms with Crippen LogP contribution in [0, 0.1) is 0 Å². The number of nitrogens with zero attached hydrogens (tertiary/aromatic N) is 14. The van der Waals surface area contributed by atoms with E-state index in [4.69, 9.17) is 23.2 Å². The third-order valence-corrected chi connectivity index (χ3v) is 14.2. The fourth-order valence-electron chi connectivity index (χ4n) is 9.28. The Balaban J connectivity index is 0.769. The summed E-state index contributed by atoms with van der Waals surface area (Å²) in [5, 5.41) is 26.3. The predicted molar refractivity (Wildman–Crippen MR) is 349 cm³/mol. The quantitative estimate of drug-likeness (QED) is 0.0203. The number of nitrogens with one attached hydrogen (secondary N) is 10. The van der Waals surface area contributed by atoms with E-state index in [0.29, 0.717) is 44.2 Å². The SMILES string of the molecule is CN(C)CCCNC(=O)c1nc(NC(=O)c2nc(NC(=O)c3nc(NC(=O)CCNC(=O)CCNC(=O)c4nc(NC(=O)c5nc(NC(=O)c6nc(NC(=O)CCNC(=O)CCCc7ccc(N(CCCl)CCCl)cc7)cn6C)cn5C)cn4C)cn3C)cn2C)cn1C.